The lowest BCUT2D eigenvalue weighted by Crippen LogP contribution is -2.39. The predicted octanol–water partition coefficient (Wildman–Crippen LogP) is 1.85. The number of likely N-dealkylation sites (tertiary alicyclic amines) is 1. The zero-order chi connectivity index (χ0) is 17.4. The summed E-state index contributed by atoms with van der Waals surface area (Å²) in [6, 6.07) is 4.39. The molecule has 0 bridgehead atoms. The molecule has 1 aromatic carbocycles. The van der Waals surface area contributed by atoms with E-state index in [0.29, 0.717) is 24.6 Å². The first-order valence-electron chi connectivity index (χ1n) is 8.81. The molecule has 3 heterocycles. The number of amides is 1. The summed E-state index contributed by atoms with van der Waals surface area (Å²) in [6.45, 7) is 5.78. The number of carbonyl (C=O) groups excluding carboxylic acids is 1. The lowest BCUT2D eigenvalue weighted by atomic mass is 9.95. The fourth-order valence-corrected chi connectivity index (χ4v) is 3.75. The molecule has 0 spiro atoms. The second kappa shape index (κ2) is 6.55. The Morgan fingerprint density at radius 1 is 1.24 bits per heavy atom. The summed E-state index contributed by atoms with van der Waals surface area (Å²) in [6.07, 6.45) is 1.73. The molecule has 6 nitrogen and oxygen atoms in total. The number of benzene rings is 1. The molecule has 2 aromatic rings. The van der Waals surface area contributed by atoms with E-state index in [9.17, 15) is 9.18 Å². The molecule has 4 rings (SSSR count). The number of piperidine rings is 1. The number of nitrogens with one attached hydrogen (secondary N) is 1. The number of hydrogen-bond acceptors (Lipinski definition) is 4. The molecule has 1 fully saturated rings. The Balaban J connectivity index is 1.45. The monoisotopic (exact) mass is 343 g/mol. The highest BCUT2D eigenvalue weighted by Gasteiger charge is 2.29. The smallest absolute Gasteiger partial charge is 0.254 e. The van der Waals surface area contributed by atoms with E-state index in [1.807, 2.05) is 11.8 Å². The molecule has 1 N–H and O–H groups in total. The number of aromatic nitrogens is 3. The Hall–Kier alpha value is -2.28. The van der Waals surface area contributed by atoms with Crippen molar-refractivity contribution in [1.29, 1.82) is 0 Å². The second-order valence-corrected chi connectivity index (χ2v) is 6.83. The van der Waals surface area contributed by atoms with Crippen LogP contribution in [0.5, 0.6) is 0 Å². The summed E-state index contributed by atoms with van der Waals surface area (Å²) in [7, 11) is 0. The average molecular weight is 343 g/mol. The van der Waals surface area contributed by atoms with Crippen molar-refractivity contribution in [3.05, 3.63) is 46.8 Å². The van der Waals surface area contributed by atoms with E-state index in [-0.39, 0.29) is 11.7 Å². The molecule has 2 aliphatic rings. The van der Waals surface area contributed by atoms with Crippen LogP contribution in [0.1, 0.15) is 46.3 Å². The van der Waals surface area contributed by atoms with Gasteiger partial charge in [0.1, 0.15) is 17.5 Å². The van der Waals surface area contributed by atoms with Crippen molar-refractivity contribution in [3.8, 4) is 0 Å². The topological polar surface area (TPSA) is 63.1 Å². The molecular formula is C18H22FN5O. The van der Waals surface area contributed by atoms with Crippen molar-refractivity contribution in [2.24, 2.45) is 0 Å². The number of fused-ring (bicyclic) bond motifs is 1. The fourth-order valence-electron chi connectivity index (χ4n) is 3.75. The zero-order valence-electron chi connectivity index (χ0n) is 14.3. The van der Waals surface area contributed by atoms with E-state index in [2.05, 4.69) is 20.1 Å². The molecule has 1 aromatic heterocycles. The summed E-state index contributed by atoms with van der Waals surface area (Å²) in [5.74, 6) is 1.92. The molecule has 1 saturated heterocycles. The van der Waals surface area contributed by atoms with Gasteiger partial charge in [-0.1, -0.05) is 6.07 Å². The van der Waals surface area contributed by atoms with Gasteiger partial charge < -0.3 is 14.8 Å². The van der Waals surface area contributed by atoms with Gasteiger partial charge in [-0.3, -0.25) is 4.79 Å². The summed E-state index contributed by atoms with van der Waals surface area (Å²) >= 11 is 0. The zero-order valence-corrected chi connectivity index (χ0v) is 14.3. The molecular weight excluding hydrogens is 321 g/mol. The van der Waals surface area contributed by atoms with E-state index in [1.54, 1.807) is 6.07 Å². The van der Waals surface area contributed by atoms with Crippen LogP contribution in [0.4, 0.5) is 4.39 Å². The molecule has 25 heavy (non-hydrogen) atoms. The first kappa shape index (κ1) is 16.2. The van der Waals surface area contributed by atoms with Crippen LogP contribution < -0.4 is 5.32 Å². The largest absolute Gasteiger partial charge is 0.339 e. The number of hydrogen-bond donors (Lipinski definition) is 1. The minimum atomic E-state index is -0.368. The van der Waals surface area contributed by atoms with E-state index >= 15 is 0 Å². The standard InChI is InChI=1S/C18H22FN5O/c1-12-2-3-14(19)10-15(12)18(25)23-7-4-13(5-8-23)17-22-21-16-11-20-6-9-24(16)17/h2-3,10,13,20H,4-9,11H2,1H3. The predicted molar refractivity (Wildman–Crippen MR) is 90.7 cm³/mol. The highest BCUT2D eigenvalue weighted by molar-refractivity contribution is 5.95. The first-order valence-corrected chi connectivity index (χ1v) is 8.81. The van der Waals surface area contributed by atoms with Gasteiger partial charge in [-0.25, -0.2) is 4.39 Å². The quantitative estimate of drug-likeness (QED) is 0.904. The normalized spacial score (nSPS) is 18.2. The first-order chi connectivity index (χ1) is 12.1. The second-order valence-electron chi connectivity index (χ2n) is 6.83. The van der Waals surface area contributed by atoms with Gasteiger partial charge in [0.25, 0.3) is 5.91 Å². The number of carbonyl (C=O) groups is 1. The molecule has 1 amide bonds. The van der Waals surface area contributed by atoms with Crippen molar-refractivity contribution < 1.29 is 9.18 Å². The molecule has 2 aliphatic heterocycles. The maximum Gasteiger partial charge on any atom is 0.254 e. The summed E-state index contributed by atoms with van der Waals surface area (Å²) < 4.78 is 15.7. The Morgan fingerprint density at radius 3 is 2.84 bits per heavy atom. The van der Waals surface area contributed by atoms with Gasteiger partial charge in [0, 0.05) is 37.7 Å². The van der Waals surface area contributed by atoms with Gasteiger partial charge in [-0.15, -0.1) is 10.2 Å². The van der Waals surface area contributed by atoms with Crippen LogP contribution in [-0.2, 0) is 13.1 Å². The average Bonchev–Trinajstić information content (AvgIpc) is 3.07. The maximum absolute atomic E-state index is 13.5. The molecule has 0 atom stereocenters. The number of rotatable bonds is 2. The lowest BCUT2D eigenvalue weighted by Gasteiger charge is -2.32. The Morgan fingerprint density at radius 2 is 2.04 bits per heavy atom. The van der Waals surface area contributed by atoms with Gasteiger partial charge in [0.15, 0.2) is 0 Å². The number of aryl methyl sites for hydroxylation is 1. The third kappa shape index (κ3) is 3.04. The molecule has 0 unspecified atom stereocenters. The van der Waals surface area contributed by atoms with Crippen LogP contribution in [0.3, 0.4) is 0 Å². The maximum atomic E-state index is 13.5. The highest BCUT2D eigenvalue weighted by Crippen LogP contribution is 2.29. The summed E-state index contributed by atoms with van der Waals surface area (Å²) in [5, 5.41) is 12.0. The number of halogens is 1. The third-order valence-electron chi connectivity index (χ3n) is 5.23. The molecule has 0 saturated carbocycles. The molecule has 132 valence electrons. The molecule has 0 aliphatic carbocycles. The summed E-state index contributed by atoms with van der Waals surface area (Å²) in [5.41, 5.74) is 1.27. The van der Waals surface area contributed by atoms with E-state index in [0.717, 1.165) is 49.7 Å². The minimum absolute atomic E-state index is 0.0806. The van der Waals surface area contributed by atoms with Crippen molar-refractivity contribution in [3.63, 3.8) is 0 Å². The minimum Gasteiger partial charge on any atom is -0.339 e. The van der Waals surface area contributed by atoms with Crippen LogP contribution >= 0.6 is 0 Å². The van der Waals surface area contributed by atoms with E-state index in [4.69, 9.17) is 0 Å². The molecule has 7 heteroatoms. The van der Waals surface area contributed by atoms with Crippen LogP contribution in [-0.4, -0.2) is 45.2 Å². The Bertz CT molecular complexity index is 795. The SMILES string of the molecule is Cc1ccc(F)cc1C(=O)N1CCC(c2nnc3n2CCNC3)CC1. The Labute approximate surface area is 146 Å². The number of nitrogens with zero attached hydrogens (tertiary/aromatic N) is 4. The van der Waals surface area contributed by atoms with Gasteiger partial charge in [-0.2, -0.15) is 0 Å². The van der Waals surface area contributed by atoms with Crippen molar-refractivity contribution in [2.45, 2.75) is 38.8 Å². The van der Waals surface area contributed by atoms with Gasteiger partial charge >= 0.3 is 0 Å². The van der Waals surface area contributed by atoms with Crippen LogP contribution in [0, 0.1) is 12.7 Å². The van der Waals surface area contributed by atoms with Crippen molar-refractivity contribution in [2.75, 3.05) is 19.6 Å². The van der Waals surface area contributed by atoms with Gasteiger partial charge in [0.2, 0.25) is 0 Å². The third-order valence-corrected chi connectivity index (χ3v) is 5.23. The highest BCUT2D eigenvalue weighted by atomic mass is 19.1. The van der Waals surface area contributed by atoms with Crippen LogP contribution in [0.25, 0.3) is 0 Å². The van der Waals surface area contributed by atoms with Crippen LogP contribution in [0.2, 0.25) is 0 Å². The lowest BCUT2D eigenvalue weighted by molar-refractivity contribution is 0.0709. The van der Waals surface area contributed by atoms with Crippen molar-refractivity contribution >= 4 is 5.91 Å². The van der Waals surface area contributed by atoms with Crippen molar-refractivity contribution in [1.82, 2.24) is 25.0 Å². The summed E-state index contributed by atoms with van der Waals surface area (Å²) in [4.78, 5) is 14.5. The van der Waals surface area contributed by atoms with E-state index in [1.165, 1.54) is 12.1 Å². The van der Waals surface area contributed by atoms with E-state index < -0.39 is 0 Å². The molecule has 0 radical (unpaired) electrons. The fraction of sp³-hybridized carbons (Fsp3) is 0.500. The van der Waals surface area contributed by atoms with Gasteiger partial charge in [-0.05, 0) is 37.5 Å². The Kier molecular flexibility index (Phi) is 4.25. The van der Waals surface area contributed by atoms with Gasteiger partial charge in [0.05, 0.1) is 6.54 Å². The van der Waals surface area contributed by atoms with Crippen LogP contribution in [0.15, 0.2) is 18.2 Å².